The van der Waals surface area contributed by atoms with Crippen LogP contribution in [0.4, 0.5) is 18.0 Å². The molecule has 1 N–H and O–H groups in total. The Morgan fingerprint density at radius 1 is 1.20 bits per heavy atom. The zero-order valence-corrected chi connectivity index (χ0v) is 15.9. The summed E-state index contributed by atoms with van der Waals surface area (Å²) < 4.78 is 67.0. The van der Waals surface area contributed by atoms with Crippen LogP contribution in [-0.2, 0) is 14.8 Å². The highest BCUT2D eigenvalue weighted by atomic mass is 32.2. The Kier molecular flexibility index (Phi) is 6.77. The predicted molar refractivity (Wildman–Crippen MR) is 87.4 cm³/mol. The summed E-state index contributed by atoms with van der Waals surface area (Å²) in [5.41, 5.74) is -6.54. The van der Waals surface area contributed by atoms with E-state index in [0.717, 1.165) is 0 Å². The van der Waals surface area contributed by atoms with E-state index < -0.39 is 32.6 Å². The number of sulfonamides is 1. The molecule has 0 aliphatic carbocycles. The first kappa shape index (κ1) is 22.0. The van der Waals surface area contributed by atoms with Crippen molar-refractivity contribution >= 4 is 16.1 Å². The number of piperidine rings is 1. The van der Waals surface area contributed by atoms with E-state index in [1.807, 2.05) is 6.92 Å². The molecule has 1 amide bonds. The summed E-state index contributed by atoms with van der Waals surface area (Å²) in [4.78, 5) is 13.6. The van der Waals surface area contributed by atoms with Crippen LogP contribution in [0, 0.1) is 5.41 Å². The molecule has 1 saturated heterocycles. The molecule has 6 nitrogen and oxygen atoms in total. The Bertz CT molecular complexity index is 562. The van der Waals surface area contributed by atoms with Gasteiger partial charge in [0.25, 0.3) is 0 Å². The van der Waals surface area contributed by atoms with Gasteiger partial charge in [-0.2, -0.15) is 13.2 Å². The predicted octanol–water partition coefficient (Wildman–Crippen LogP) is 3.24. The minimum absolute atomic E-state index is 0.287. The normalized spacial score (nSPS) is 18.9. The van der Waals surface area contributed by atoms with Crippen molar-refractivity contribution in [1.29, 1.82) is 0 Å². The molecule has 0 bridgehead atoms. The van der Waals surface area contributed by atoms with Gasteiger partial charge in [-0.25, -0.2) is 17.9 Å². The SMILES string of the molecule is CCCC1(CNS(=O)(=O)C(F)(F)F)CCN(C(=O)OC(C)(C)C)CC1. The van der Waals surface area contributed by atoms with Gasteiger partial charge in [-0.05, 0) is 45.4 Å². The van der Waals surface area contributed by atoms with Crippen molar-refractivity contribution in [2.45, 2.75) is 64.5 Å². The number of hydrogen-bond acceptors (Lipinski definition) is 4. The van der Waals surface area contributed by atoms with E-state index in [4.69, 9.17) is 4.74 Å². The fourth-order valence-corrected chi connectivity index (χ4v) is 3.53. The number of nitrogens with one attached hydrogen (secondary N) is 1. The van der Waals surface area contributed by atoms with Crippen LogP contribution < -0.4 is 4.72 Å². The Hall–Kier alpha value is -1.03. The Morgan fingerprint density at radius 2 is 1.72 bits per heavy atom. The minimum atomic E-state index is -5.36. The van der Waals surface area contributed by atoms with Gasteiger partial charge in [-0.1, -0.05) is 13.3 Å². The summed E-state index contributed by atoms with van der Waals surface area (Å²) in [6.45, 7) is 7.50. The number of ether oxygens (including phenoxy) is 1. The molecule has 0 aromatic rings. The lowest BCUT2D eigenvalue weighted by atomic mass is 9.75. The number of carbonyl (C=O) groups is 1. The van der Waals surface area contributed by atoms with E-state index in [1.165, 1.54) is 4.90 Å². The molecule has 1 fully saturated rings. The van der Waals surface area contributed by atoms with Crippen molar-refractivity contribution in [2.75, 3.05) is 19.6 Å². The fraction of sp³-hybridized carbons (Fsp3) is 0.933. The standard InChI is InChI=1S/C15H27F3N2O4S/c1-5-6-14(11-19-25(22,23)15(16,17)18)7-9-20(10-8-14)12(21)24-13(2,3)4/h19H,5-11H2,1-4H3. The molecule has 0 aromatic heterocycles. The number of alkyl halides is 3. The second kappa shape index (κ2) is 7.69. The smallest absolute Gasteiger partial charge is 0.444 e. The topological polar surface area (TPSA) is 75.7 Å². The summed E-state index contributed by atoms with van der Waals surface area (Å²) in [7, 11) is -5.36. The van der Waals surface area contributed by atoms with Gasteiger partial charge in [0.05, 0.1) is 0 Å². The van der Waals surface area contributed by atoms with Crippen LogP contribution in [0.25, 0.3) is 0 Å². The highest BCUT2D eigenvalue weighted by Gasteiger charge is 2.47. The quantitative estimate of drug-likeness (QED) is 0.785. The van der Waals surface area contributed by atoms with Crippen molar-refractivity contribution in [1.82, 2.24) is 9.62 Å². The molecule has 148 valence electrons. The van der Waals surface area contributed by atoms with Crippen molar-refractivity contribution in [3.8, 4) is 0 Å². The summed E-state index contributed by atoms with van der Waals surface area (Å²) in [6.07, 6.45) is 1.66. The van der Waals surface area contributed by atoms with Gasteiger partial charge in [0.1, 0.15) is 5.60 Å². The van der Waals surface area contributed by atoms with Gasteiger partial charge in [-0.15, -0.1) is 0 Å². The molecular formula is C15H27F3N2O4S. The van der Waals surface area contributed by atoms with E-state index in [-0.39, 0.29) is 6.54 Å². The van der Waals surface area contributed by atoms with Crippen LogP contribution in [0.1, 0.15) is 53.4 Å². The third-order valence-electron chi connectivity index (χ3n) is 4.20. The van der Waals surface area contributed by atoms with Crippen LogP contribution in [0.2, 0.25) is 0 Å². The second-order valence-corrected chi connectivity index (χ2v) is 9.25. The fourth-order valence-electron chi connectivity index (χ4n) is 2.87. The largest absolute Gasteiger partial charge is 0.511 e. The number of rotatable bonds is 5. The van der Waals surface area contributed by atoms with Gasteiger partial charge in [0.2, 0.25) is 0 Å². The van der Waals surface area contributed by atoms with Crippen LogP contribution in [0.15, 0.2) is 0 Å². The first-order chi connectivity index (χ1) is 11.2. The van der Waals surface area contributed by atoms with Crippen LogP contribution in [-0.4, -0.2) is 50.2 Å². The maximum Gasteiger partial charge on any atom is 0.511 e. The van der Waals surface area contributed by atoms with Gasteiger partial charge in [0.15, 0.2) is 0 Å². The highest BCUT2D eigenvalue weighted by molar-refractivity contribution is 7.90. The molecule has 0 saturated carbocycles. The lowest BCUT2D eigenvalue weighted by molar-refractivity contribution is -0.0452. The summed E-state index contributed by atoms with van der Waals surface area (Å²) >= 11 is 0. The zero-order valence-electron chi connectivity index (χ0n) is 15.1. The van der Waals surface area contributed by atoms with Crippen LogP contribution in [0.5, 0.6) is 0 Å². The molecule has 1 aliphatic heterocycles. The van der Waals surface area contributed by atoms with E-state index in [2.05, 4.69) is 0 Å². The van der Waals surface area contributed by atoms with Gasteiger partial charge >= 0.3 is 21.6 Å². The molecule has 0 atom stereocenters. The molecule has 0 unspecified atom stereocenters. The van der Waals surface area contributed by atoms with Gasteiger partial charge in [-0.3, -0.25) is 0 Å². The van der Waals surface area contributed by atoms with E-state index >= 15 is 0 Å². The third kappa shape index (κ3) is 6.32. The number of halogens is 3. The van der Waals surface area contributed by atoms with Crippen molar-refractivity contribution < 1.29 is 31.1 Å². The van der Waals surface area contributed by atoms with Crippen molar-refractivity contribution in [3.05, 3.63) is 0 Å². The van der Waals surface area contributed by atoms with Crippen LogP contribution in [0.3, 0.4) is 0 Å². The number of carbonyl (C=O) groups excluding carboxylic acids is 1. The first-order valence-electron chi connectivity index (χ1n) is 8.25. The van der Waals surface area contributed by atoms with E-state index in [9.17, 15) is 26.4 Å². The third-order valence-corrected chi connectivity index (χ3v) is 5.33. The molecule has 1 rings (SSSR count). The van der Waals surface area contributed by atoms with E-state index in [1.54, 1.807) is 25.5 Å². The first-order valence-corrected chi connectivity index (χ1v) is 9.74. The van der Waals surface area contributed by atoms with Gasteiger partial charge in [0, 0.05) is 19.6 Å². The Balaban J connectivity index is 2.73. The molecule has 10 heteroatoms. The molecule has 25 heavy (non-hydrogen) atoms. The van der Waals surface area contributed by atoms with Crippen molar-refractivity contribution in [2.24, 2.45) is 5.41 Å². The van der Waals surface area contributed by atoms with Crippen molar-refractivity contribution in [3.63, 3.8) is 0 Å². The lowest BCUT2D eigenvalue weighted by Gasteiger charge is -2.42. The monoisotopic (exact) mass is 388 g/mol. The summed E-state index contributed by atoms with van der Waals surface area (Å²) in [5.74, 6) is 0. The molecule has 1 aliphatic rings. The summed E-state index contributed by atoms with van der Waals surface area (Å²) in [6, 6.07) is 0. The summed E-state index contributed by atoms with van der Waals surface area (Å²) in [5, 5.41) is 0. The Labute approximate surface area is 147 Å². The molecule has 0 aromatic carbocycles. The zero-order chi connectivity index (χ0) is 19.5. The molecule has 0 radical (unpaired) electrons. The maximum absolute atomic E-state index is 12.5. The number of amides is 1. The maximum atomic E-state index is 12.5. The lowest BCUT2D eigenvalue weighted by Crippen LogP contribution is -2.50. The molecule has 1 heterocycles. The number of hydrogen-bond donors (Lipinski definition) is 1. The second-order valence-electron chi connectivity index (χ2n) is 7.49. The number of likely N-dealkylation sites (tertiary alicyclic amines) is 1. The average Bonchev–Trinajstić information content (AvgIpc) is 2.43. The van der Waals surface area contributed by atoms with Gasteiger partial charge < -0.3 is 9.64 Å². The molecular weight excluding hydrogens is 361 g/mol. The Morgan fingerprint density at radius 3 is 2.12 bits per heavy atom. The van der Waals surface area contributed by atoms with E-state index in [0.29, 0.717) is 38.8 Å². The average molecular weight is 388 g/mol. The highest BCUT2D eigenvalue weighted by Crippen LogP contribution is 2.37. The van der Waals surface area contributed by atoms with Crippen LogP contribution >= 0.6 is 0 Å². The molecule has 0 spiro atoms. The minimum Gasteiger partial charge on any atom is -0.444 e. The number of nitrogens with zero attached hydrogens (tertiary/aromatic N) is 1.